The Morgan fingerprint density at radius 2 is 2.26 bits per heavy atom. The van der Waals surface area contributed by atoms with Crippen molar-refractivity contribution < 1.29 is 10.3 Å². The first-order valence-corrected chi connectivity index (χ1v) is 6.65. The zero-order chi connectivity index (χ0) is 13.7. The van der Waals surface area contributed by atoms with Crippen molar-refractivity contribution in [2.45, 2.75) is 31.8 Å². The molecule has 5 N–H and O–H groups in total. The molecule has 0 radical (unpaired) electrons. The summed E-state index contributed by atoms with van der Waals surface area (Å²) in [4.78, 5) is 0. The fourth-order valence-electron chi connectivity index (χ4n) is 2.67. The zero-order valence-corrected chi connectivity index (χ0v) is 10.9. The number of aliphatic hydroxyl groups is 1. The van der Waals surface area contributed by atoms with Gasteiger partial charge in [0.25, 0.3) is 0 Å². The fourth-order valence-corrected chi connectivity index (χ4v) is 2.67. The Morgan fingerprint density at radius 1 is 1.42 bits per heavy atom. The first-order valence-electron chi connectivity index (χ1n) is 6.65. The molecular formula is C14H21N3O2. The molecule has 19 heavy (non-hydrogen) atoms. The summed E-state index contributed by atoms with van der Waals surface area (Å²) in [6.07, 6.45) is 3.39. The molecule has 0 spiro atoms. The van der Waals surface area contributed by atoms with Crippen molar-refractivity contribution in [1.82, 2.24) is 5.32 Å². The highest BCUT2D eigenvalue weighted by Gasteiger charge is 2.25. The van der Waals surface area contributed by atoms with Gasteiger partial charge >= 0.3 is 0 Å². The summed E-state index contributed by atoms with van der Waals surface area (Å²) in [7, 11) is 0. The number of aliphatic hydroxyl groups excluding tert-OH is 1. The van der Waals surface area contributed by atoms with E-state index >= 15 is 0 Å². The van der Waals surface area contributed by atoms with E-state index in [1.807, 2.05) is 24.3 Å². The maximum Gasteiger partial charge on any atom is 0.170 e. The van der Waals surface area contributed by atoms with Gasteiger partial charge < -0.3 is 21.4 Å². The van der Waals surface area contributed by atoms with E-state index < -0.39 is 0 Å². The second kappa shape index (κ2) is 6.54. The van der Waals surface area contributed by atoms with Crippen molar-refractivity contribution >= 4 is 5.84 Å². The maximum atomic E-state index is 9.28. The Hall–Kier alpha value is -1.59. The van der Waals surface area contributed by atoms with Crippen molar-refractivity contribution in [3.8, 4) is 0 Å². The van der Waals surface area contributed by atoms with Crippen molar-refractivity contribution in [3.63, 3.8) is 0 Å². The lowest BCUT2D eigenvalue weighted by atomic mass is 10.0. The van der Waals surface area contributed by atoms with Crippen LogP contribution in [0.3, 0.4) is 0 Å². The number of amidine groups is 1. The van der Waals surface area contributed by atoms with Gasteiger partial charge in [-0.2, -0.15) is 0 Å². The Balaban J connectivity index is 1.96. The molecule has 0 bridgehead atoms. The van der Waals surface area contributed by atoms with Crippen LogP contribution in [-0.2, 0) is 6.54 Å². The number of hydrogen-bond donors (Lipinski definition) is 4. The molecule has 1 saturated carbocycles. The first-order chi connectivity index (χ1) is 9.24. The third kappa shape index (κ3) is 3.45. The molecule has 5 nitrogen and oxygen atoms in total. The smallest absolute Gasteiger partial charge is 0.170 e. The van der Waals surface area contributed by atoms with Crippen LogP contribution in [0.5, 0.6) is 0 Å². The third-order valence-corrected chi connectivity index (χ3v) is 3.79. The highest BCUT2D eigenvalue weighted by molar-refractivity contribution is 5.97. The number of hydrogen-bond acceptors (Lipinski definition) is 4. The average Bonchev–Trinajstić information content (AvgIpc) is 2.92. The quantitative estimate of drug-likeness (QED) is 0.276. The lowest BCUT2D eigenvalue weighted by molar-refractivity contribution is 0.205. The van der Waals surface area contributed by atoms with Gasteiger partial charge in [-0.3, -0.25) is 0 Å². The minimum Gasteiger partial charge on any atom is -0.409 e. The summed E-state index contributed by atoms with van der Waals surface area (Å²) in [6.45, 7) is 0.982. The van der Waals surface area contributed by atoms with E-state index in [1.54, 1.807) is 0 Å². The normalized spacial score (nSPS) is 23.7. The summed E-state index contributed by atoms with van der Waals surface area (Å²) in [6, 6.07) is 8.00. The number of benzene rings is 1. The van der Waals surface area contributed by atoms with Crippen LogP contribution in [-0.4, -0.2) is 28.8 Å². The highest BCUT2D eigenvalue weighted by Crippen LogP contribution is 2.25. The van der Waals surface area contributed by atoms with Crippen molar-refractivity contribution in [2.75, 3.05) is 6.61 Å². The van der Waals surface area contributed by atoms with Gasteiger partial charge in [-0.25, -0.2) is 0 Å². The van der Waals surface area contributed by atoms with E-state index in [2.05, 4.69) is 10.5 Å². The number of nitrogens with two attached hydrogens (primary N) is 1. The molecule has 0 aromatic heterocycles. The first kappa shape index (κ1) is 13.8. The van der Waals surface area contributed by atoms with Crippen LogP contribution in [0.1, 0.15) is 30.4 Å². The van der Waals surface area contributed by atoms with Gasteiger partial charge in [-0.1, -0.05) is 29.8 Å². The van der Waals surface area contributed by atoms with Crippen LogP contribution in [0, 0.1) is 5.92 Å². The Bertz CT molecular complexity index is 448. The van der Waals surface area contributed by atoms with E-state index in [1.165, 1.54) is 6.42 Å². The molecule has 5 heteroatoms. The predicted molar refractivity (Wildman–Crippen MR) is 74.0 cm³/mol. The summed E-state index contributed by atoms with van der Waals surface area (Å²) in [5.41, 5.74) is 7.38. The van der Waals surface area contributed by atoms with Gasteiger partial charge in [0, 0.05) is 24.8 Å². The molecule has 0 amide bonds. The second-order valence-electron chi connectivity index (χ2n) is 5.05. The SMILES string of the molecule is N/C(=N/O)c1cccc(CNC2CCCC2CO)c1. The molecule has 0 saturated heterocycles. The van der Waals surface area contributed by atoms with Gasteiger partial charge in [0.1, 0.15) is 0 Å². The molecule has 2 atom stereocenters. The third-order valence-electron chi connectivity index (χ3n) is 3.79. The molecule has 1 aliphatic rings. The molecule has 104 valence electrons. The van der Waals surface area contributed by atoms with Gasteiger partial charge in [-0.15, -0.1) is 0 Å². The number of nitrogens with zero attached hydrogens (tertiary/aromatic N) is 1. The van der Waals surface area contributed by atoms with Crippen LogP contribution < -0.4 is 11.1 Å². The van der Waals surface area contributed by atoms with Gasteiger partial charge in [0.05, 0.1) is 0 Å². The van der Waals surface area contributed by atoms with E-state index in [-0.39, 0.29) is 12.4 Å². The summed E-state index contributed by atoms with van der Waals surface area (Å²) in [5, 5.41) is 24.4. The predicted octanol–water partition coefficient (Wildman–Crippen LogP) is 1.03. The van der Waals surface area contributed by atoms with Gasteiger partial charge in [0.2, 0.25) is 0 Å². The van der Waals surface area contributed by atoms with Crippen LogP contribution in [0.2, 0.25) is 0 Å². The van der Waals surface area contributed by atoms with E-state index in [0.29, 0.717) is 17.5 Å². The topological polar surface area (TPSA) is 90.9 Å². The molecule has 2 unspecified atom stereocenters. The molecule has 1 fully saturated rings. The minimum atomic E-state index is 0.121. The monoisotopic (exact) mass is 263 g/mol. The number of oxime groups is 1. The van der Waals surface area contributed by atoms with E-state index in [0.717, 1.165) is 24.9 Å². The molecule has 1 aromatic carbocycles. The molecule has 2 rings (SSSR count). The van der Waals surface area contributed by atoms with Crippen LogP contribution in [0.25, 0.3) is 0 Å². The van der Waals surface area contributed by atoms with Crippen LogP contribution in [0.4, 0.5) is 0 Å². The van der Waals surface area contributed by atoms with Crippen LogP contribution >= 0.6 is 0 Å². The Labute approximate surface area is 113 Å². The van der Waals surface area contributed by atoms with Crippen molar-refractivity contribution in [1.29, 1.82) is 0 Å². The highest BCUT2D eigenvalue weighted by atomic mass is 16.4. The van der Waals surface area contributed by atoms with Crippen molar-refractivity contribution in [2.24, 2.45) is 16.8 Å². The summed E-state index contributed by atoms with van der Waals surface area (Å²) >= 11 is 0. The number of nitrogens with one attached hydrogen (secondary N) is 1. The van der Waals surface area contributed by atoms with E-state index in [4.69, 9.17) is 10.9 Å². The molecule has 0 aliphatic heterocycles. The van der Waals surface area contributed by atoms with Crippen molar-refractivity contribution in [3.05, 3.63) is 35.4 Å². The molecular weight excluding hydrogens is 242 g/mol. The Morgan fingerprint density at radius 3 is 3.00 bits per heavy atom. The largest absolute Gasteiger partial charge is 0.409 e. The van der Waals surface area contributed by atoms with Gasteiger partial charge in [-0.05, 0) is 30.4 Å². The summed E-state index contributed by atoms with van der Waals surface area (Å²) in [5.74, 6) is 0.489. The van der Waals surface area contributed by atoms with E-state index in [9.17, 15) is 5.11 Å². The minimum absolute atomic E-state index is 0.121. The van der Waals surface area contributed by atoms with Crippen LogP contribution in [0.15, 0.2) is 29.4 Å². The number of rotatable bonds is 5. The van der Waals surface area contributed by atoms with Gasteiger partial charge in [0.15, 0.2) is 5.84 Å². The summed E-state index contributed by atoms with van der Waals surface area (Å²) < 4.78 is 0. The average molecular weight is 263 g/mol. The lowest BCUT2D eigenvalue weighted by Gasteiger charge is -2.19. The second-order valence-corrected chi connectivity index (χ2v) is 5.05. The standard InChI is InChI=1S/C14H21N3O2/c15-14(17-19)11-4-1-3-10(7-11)8-16-13-6-2-5-12(13)9-18/h1,3-4,7,12-13,16,18-19H,2,5-6,8-9H2,(H2,15,17). The molecule has 1 aliphatic carbocycles. The maximum absolute atomic E-state index is 9.28. The lowest BCUT2D eigenvalue weighted by Crippen LogP contribution is -2.33. The molecule has 1 aromatic rings. The fraction of sp³-hybridized carbons (Fsp3) is 0.500. The molecule has 0 heterocycles. The Kier molecular flexibility index (Phi) is 4.76. The zero-order valence-electron chi connectivity index (χ0n) is 10.9.